The summed E-state index contributed by atoms with van der Waals surface area (Å²) in [7, 11) is -3.88. The molecular weight excluding hydrogens is 312 g/mol. The molecule has 2 aromatic rings. The molecule has 0 saturated heterocycles. The molecule has 0 radical (unpaired) electrons. The lowest BCUT2D eigenvalue weighted by Crippen LogP contribution is -2.18. The summed E-state index contributed by atoms with van der Waals surface area (Å²) in [6, 6.07) is 8.68. The van der Waals surface area contributed by atoms with Crippen molar-refractivity contribution in [3.63, 3.8) is 0 Å². The summed E-state index contributed by atoms with van der Waals surface area (Å²) in [5.74, 6) is -0.372. The normalized spacial score (nSPS) is 11.3. The number of primary sulfonamides is 1. The molecule has 6 heteroatoms. The van der Waals surface area contributed by atoms with Gasteiger partial charge in [-0.3, -0.25) is 4.79 Å². The van der Waals surface area contributed by atoms with Crippen LogP contribution >= 0.6 is 0 Å². The summed E-state index contributed by atoms with van der Waals surface area (Å²) >= 11 is 0. The molecular formula is C17H20N2O3S. The van der Waals surface area contributed by atoms with E-state index in [4.69, 9.17) is 5.14 Å². The molecule has 0 fully saturated rings. The number of hydrogen-bond acceptors (Lipinski definition) is 3. The van der Waals surface area contributed by atoms with Crippen LogP contribution in [0.25, 0.3) is 0 Å². The number of nitrogens with one attached hydrogen (secondary N) is 1. The average molecular weight is 332 g/mol. The molecule has 0 spiro atoms. The molecule has 1 amide bonds. The SMILES string of the molecule is Cc1cc(C)cc(NC(=O)c2cc(C)c(C)c(S(N)(=O)=O)c2)c1. The van der Waals surface area contributed by atoms with Crippen molar-refractivity contribution in [2.75, 3.05) is 5.32 Å². The Morgan fingerprint density at radius 2 is 1.52 bits per heavy atom. The number of rotatable bonds is 3. The topological polar surface area (TPSA) is 89.3 Å². The van der Waals surface area contributed by atoms with Crippen LogP contribution in [0.1, 0.15) is 32.6 Å². The molecule has 0 aliphatic rings. The predicted octanol–water partition coefficient (Wildman–Crippen LogP) is 2.82. The lowest BCUT2D eigenvalue weighted by atomic mass is 10.1. The molecule has 0 atom stereocenters. The van der Waals surface area contributed by atoms with Crippen LogP contribution < -0.4 is 10.5 Å². The van der Waals surface area contributed by atoms with Gasteiger partial charge in [-0.2, -0.15) is 0 Å². The summed E-state index contributed by atoms with van der Waals surface area (Å²) in [4.78, 5) is 12.4. The molecule has 0 aromatic heterocycles. The summed E-state index contributed by atoms with van der Waals surface area (Å²) < 4.78 is 23.3. The van der Waals surface area contributed by atoms with Crippen molar-refractivity contribution >= 4 is 21.6 Å². The first kappa shape index (κ1) is 17.2. The minimum Gasteiger partial charge on any atom is -0.322 e. The van der Waals surface area contributed by atoms with Crippen molar-refractivity contribution < 1.29 is 13.2 Å². The van der Waals surface area contributed by atoms with Gasteiger partial charge in [0.15, 0.2) is 0 Å². The Kier molecular flexibility index (Phi) is 4.58. The monoisotopic (exact) mass is 332 g/mol. The van der Waals surface area contributed by atoms with Crippen LogP contribution in [0.15, 0.2) is 35.2 Å². The smallest absolute Gasteiger partial charge is 0.255 e. The zero-order valence-corrected chi connectivity index (χ0v) is 14.4. The molecule has 0 aliphatic carbocycles. The van der Waals surface area contributed by atoms with E-state index >= 15 is 0 Å². The molecule has 0 saturated carbocycles. The third-order valence-electron chi connectivity index (χ3n) is 3.67. The van der Waals surface area contributed by atoms with Crippen LogP contribution in [0.4, 0.5) is 5.69 Å². The van der Waals surface area contributed by atoms with Gasteiger partial charge in [-0.25, -0.2) is 13.6 Å². The zero-order valence-electron chi connectivity index (χ0n) is 13.6. The number of hydrogen-bond donors (Lipinski definition) is 2. The first-order valence-electron chi connectivity index (χ1n) is 7.11. The quantitative estimate of drug-likeness (QED) is 0.905. The van der Waals surface area contributed by atoms with E-state index in [1.807, 2.05) is 32.0 Å². The lowest BCUT2D eigenvalue weighted by molar-refractivity contribution is 0.102. The predicted molar refractivity (Wildman–Crippen MR) is 91.2 cm³/mol. The molecule has 2 aromatic carbocycles. The van der Waals surface area contributed by atoms with Crippen LogP contribution in [-0.2, 0) is 10.0 Å². The Morgan fingerprint density at radius 1 is 0.957 bits per heavy atom. The number of sulfonamides is 1. The fraction of sp³-hybridized carbons (Fsp3) is 0.235. The van der Waals surface area contributed by atoms with Gasteiger partial charge < -0.3 is 5.32 Å². The highest BCUT2D eigenvalue weighted by atomic mass is 32.2. The van der Waals surface area contributed by atoms with Crippen LogP contribution in [0, 0.1) is 27.7 Å². The Balaban J connectivity index is 2.42. The maximum absolute atomic E-state index is 12.4. The van der Waals surface area contributed by atoms with Gasteiger partial charge >= 0.3 is 0 Å². The number of amides is 1. The molecule has 0 aliphatic heterocycles. The highest BCUT2D eigenvalue weighted by Crippen LogP contribution is 2.21. The van der Waals surface area contributed by atoms with Gasteiger partial charge in [0.2, 0.25) is 10.0 Å². The molecule has 5 nitrogen and oxygen atoms in total. The second-order valence-corrected chi connectivity index (χ2v) is 7.32. The maximum Gasteiger partial charge on any atom is 0.255 e. The van der Waals surface area contributed by atoms with E-state index < -0.39 is 10.0 Å². The van der Waals surface area contributed by atoms with Crippen LogP contribution in [0.5, 0.6) is 0 Å². The van der Waals surface area contributed by atoms with E-state index in [9.17, 15) is 13.2 Å². The van der Waals surface area contributed by atoms with Crippen LogP contribution in [0.3, 0.4) is 0 Å². The van der Waals surface area contributed by atoms with Crippen molar-refractivity contribution in [1.82, 2.24) is 0 Å². The van der Waals surface area contributed by atoms with Gasteiger partial charge in [0.05, 0.1) is 4.90 Å². The minimum absolute atomic E-state index is 0.0249. The number of benzene rings is 2. The largest absolute Gasteiger partial charge is 0.322 e. The van der Waals surface area contributed by atoms with E-state index in [0.717, 1.165) is 11.1 Å². The summed E-state index contributed by atoms with van der Waals surface area (Å²) in [6.07, 6.45) is 0. The molecule has 0 heterocycles. The molecule has 23 heavy (non-hydrogen) atoms. The lowest BCUT2D eigenvalue weighted by Gasteiger charge is -2.12. The number of carbonyl (C=O) groups excluding carboxylic acids is 1. The van der Waals surface area contributed by atoms with Gasteiger partial charge in [0.25, 0.3) is 5.91 Å². The van der Waals surface area contributed by atoms with E-state index in [1.165, 1.54) is 6.07 Å². The highest BCUT2D eigenvalue weighted by molar-refractivity contribution is 7.89. The van der Waals surface area contributed by atoms with Gasteiger partial charge in [-0.15, -0.1) is 0 Å². The molecule has 0 bridgehead atoms. The summed E-state index contributed by atoms with van der Waals surface area (Å²) in [5.41, 5.74) is 4.24. The second kappa shape index (κ2) is 6.14. The number of carbonyl (C=O) groups is 1. The Labute approximate surface area is 136 Å². The summed E-state index contributed by atoms with van der Waals surface area (Å²) in [6.45, 7) is 7.30. The zero-order chi connectivity index (χ0) is 17.4. The molecule has 3 N–H and O–H groups in total. The fourth-order valence-corrected chi connectivity index (χ4v) is 3.38. The van der Waals surface area contributed by atoms with Crippen molar-refractivity contribution in [3.8, 4) is 0 Å². The highest BCUT2D eigenvalue weighted by Gasteiger charge is 2.17. The van der Waals surface area contributed by atoms with Crippen molar-refractivity contribution in [1.29, 1.82) is 0 Å². The molecule has 0 unspecified atom stereocenters. The first-order chi connectivity index (χ1) is 10.6. The van der Waals surface area contributed by atoms with Crippen molar-refractivity contribution in [2.45, 2.75) is 32.6 Å². The van der Waals surface area contributed by atoms with Gasteiger partial charge in [0, 0.05) is 11.3 Å². The van der Waals surface area contributed by atoms with E-state index in [0.29, 0.717) is 16.8 Å². The second-order valence-electron chi connectivity index (χ2n) is 5.79. The maximum atomic E-state index is 12.4. The van der Waals surface area contributed by atoms with Crippen molar-refractivity contribution in [3.05, 3.63) is 58.1 Å². The molecule has 122 valence electrons. The van der Waals surface area contributed by atoms with Gasteiger partial charge in [0.1, 0.15) is 0 Å². The Hall–Kier alpha value is -2.18. The first-order valence-corrected chi connectivity index (χ1v) is 8.66. The third-order valence-corrected chi connectivity index (χ3v) is 4.71. The minimum atomic E-state index is -3.88. The Bertz CT molecular complexity index is 867. The summed E-state index contributed by atoms with van der Waals surface area (Å²) in [5, 5.41) is 8.02. The van der Waals surface area contributed by atoms with Gasteiger partial charge in [-0.1, -0.05) is 6.07 Å². The fourth-order valence-electron chi connectivity index (χ4n) is 2.50. The Morgan fingerprint density at radius 3 is 2.04 bits per heavy atom. The van der Waals surface area contributed by atoms with Crippen molar-refractivity contribution in [2.24, 2.45) is 5.14 Å². The van der Waals surface area contributed by atoms with E-state index in [2.05, 4.69) is 5.32 Å². The molecule has 2 rings (SSSR count). The standard InChI is InChI=1S/C17H20N2O3S/c1-10-5-11(2)7-15(6-10)19-17(20)14-8-12(3)13(4)16(9-14)23(18,21)22/h5-9H,1-4H3,(H,19,20)(H2,18,21,22). The van der Waals surface area contributed by atoms with E-state index in [-0.39, 0.29) is 16.4 Å². The van der Waals surface area contributed by atoms with E-state index in [1.54, 1.807) is 19.9 Å². The number of anilines is 1. The average Bonchev–Trinajstić information content (AvgIpc) is 2.38. The third kappa shape index (κ3) is 3.97. The van der Waals surface area contributed by atoms with Crippen LogP contribution in [-0.4, -0.2) is 14.3 Å². The van der Waals surface area contributed by atoms with Gasteiger partial charge in [-0.05, 0) is 74.2 Å². The number of aryl methyl sites for hydroxylation is 3. The number of nitrogens with two attached hydrogens (primary N) is 1. The van der Waals surface area contributed by atoms with Crippen LogP contribution in [0.2, 0.25) is 0 Å².